The van der Waals surface area contributed by atoms with Gasteiger partial charge in [-0.1, -0.05) is 11.6 Å². The molecule has 0 bridgehead atoms. The van der Waals surface area contributed by atoms with Crippen LogP contribution in [0, 0.1) is 0 Å². The molecule has 0 saturated heterocycles. The van der Waals surface area contributed by atoms with E-state index in [-0.39, 0.29) is 16.1 Å². The van der Waals surface area contributed by atoms with Gasteiger partial charge in [-0.3, -0.25) is 4.79 Å². The quantitative estimate of drug-likeness (QED) is 0.804. The van der Waals surface area contributed by atoms with Crippen molar-refractivity contribution in [3.63, 3.8) is 0 Å². The Kier molecular flexibility index (Phi) is 2.89. The molecule has 6 heteroatoms. The maximum absolute atomic E-state index is 11.2. The third-order valence-corrected chi connectivity index (χ3v) is 3.61. The van der Waals surface area contributed by atoms with Crippen molar-refractivity contribution in [2.45, 2.75) is 24.8 Å². The van der Waals surface area contributed by atoms with Crippen LogP contribution < -0.4 is 10.9 Å². The van der Waals surface area contributed by atoms with Gasteiger partial charge in [0.2, 0.25) is 0 Å². The fourth-order valence-electron chi connectivity index (χ4n) is 1.62. The molecule has 0 spiro atoms. The number of anilines is 1. The highest BCUT2D eigenvalue weighted by Gasteiger charge is 2.36. The first-order valence-electron chi connectivity index (χ1n) is 4.74. The van der Waals surface area contributed by atoms with E-state index in [2.05, 4.69) is 15.3 Å². The first-order chi connectivity index (χ1) is 7.17. The number of aromatic nitrogens is 2. The van der Waals surface area contributed by atoms with E-state index in [1.165, 1.54) is 6.33 Å². The van der Waals surface area contributed by atoms with Crippen molar-refractivity contribution in [2.75, 3.05) is 11.2 Å². The molecule has 2 rings (SSSR count). The Hall–Kier alpha value is -0.740. The van der Waals surface area contributed by atoms with E-state index in [9.17, 15) is 4.79 Å². The highest BCUT2D eigenvalue weighted by molar-refractivity contribution is 6.32. The van der Waals surface area contributed by atoms with Crippen molar-refractivity contribution in [3.8, 4) is 0 Å². The summed E-state index contributed by atoms with van der Waals surface area (Å²) in [5.41, 5.74) is -0.468. The Morgan fingerprint density at radius 2 is 2.33 bits per heavy atom. The molecule has 15 heavy (non-hydrogen) atoms. The van der Waals surface area contributed by atoms with Crippen LogP contribution in [0.4, 0.5) is 5.82 Å². The van der Waals surface area contributed by atoms with E-state index in [1.807, 2.05) is 0 Å². The zero-order valence-electron chi connectivity index (χ0n) is 8.02. The summed E-state index contributed by atoms with van der Waals surface area (Å²) >= 11 is 11.7. The number of halogens is 2. The summed E-state index contributed by atoms with van der Waals surface area (Å²) in [6.45, 7) is 0. The first kappa shape index (κ1) is 10.8. The summed E-state index contributed by atoms with van der Waals surface area (Å²) in [7, 11) is 0. The van der Waals surface area contributed by atoms with Crippen LogP contribution in [0.25, 0.3) is 0 Å². The Bertz CT molecular complexity index is 409. The summed E-state index contributed by atoms with van der Waals surface area (Å²) in [6.07, 6.45) is 4.44. The maximum atomic E-state index is 11.2. The van der Waals surface area contributed by atoms with Gasteiger partial charge in [-0.2, -0.15) is 0 Å². The van der Waals surface area contributed by atoms with Crippen molar-refractivity contribution in [1.29, 1.82) is 0 Å². The van der Waals surface area contributed by atoms with E-state index in [4.69, 9.17) is 23.2 Å². The van der Waals surface area contributed by atoms with Crippen LogP contribution in [-0.4, -0.2) is 21.4 Å². The molecule has 1 aliphatic carbocycles. The van der Waals surface area contributed by atoms with Crippen LogP contribution in [-0.2, 0) is 0 Å². The van der Waals surface area contributed by atoms with E-state index >= 15 is 0 Å². The summed E-state index contributed by atoms with van der Waals surface area (Å²) in [5, 5.41) is 3.25. The van der Waals surface area contributed by atoms with Crippen LogP contribution in [0.15, 0.2) is 11.1 Å². The van der Waals surface area contributed by atoms with Crippen LogP contribution in [0.3, 0.4) is 0 Å². The molecular weight excluding hydrogens is 237 g/mol. The van der Waals surface area contributed by atoms with Gasteiger partial charge < -0.3 is 10.3 Å². The van der Waals surface area contributed by atoms with E-state index in [0.29, 0.717) is 11.7 Å². The number of hydrogen-bond acceptors (Lipinski definition) is 3. The van der Waals surface area contributed by atoms with Gasteiger partial charge in [0.1, 0.15) is 5.02 Å². The molecule has 0 atom stereocenters. The minimum Gasteiger partial charge on any atom is -0.362 e. The van der Waals surface area contributed by atoms with Crippen molar-refractivity contribution in [1.82, 2.24) is 9.97 Å². The lowest BCUT2D eigenvalue weighted by Crippen LogP contribution is -2.47. The number of alkyl halides is 1. The molecule has 1 aromatic rings. The summed E-state index contributed by atoms with van der Waals surface area (Å²) in [6, 6.07) is 0. The van der Waals surface area contributed by atoms with Gasteiger partial charge in [0.15, 0.2) is 5.82 Å². The van der Waals surface area contributed by atoms with E-state index in [0.717, 1.165) is 19.3 Å². The van der Waals surface area contributed by atoms with Crippen LogP contribution in [0.2, 0.25) is 5.02 Å². The minimum atomic E-state index is -0.335. The molecule has 2 N–H and O–H groups in total. The molecule has 1 aromatic heterocycles. The monoisotopic (exact) mass is 247 g/mol. The predicted molar refractivity (Wildman–Crippen MR) is 60.8 cm³/mol. The number of nitrogens with one attached hydrogen (secondary N) is 2. The van der Waals surface area contributed by atoms with Crippen LogP contribution in [0.5, 0.6) is 0 Å². The largest absolute Gasteiger partial charge is 0.362 e. The van der Waals surface area contributed by atoms with Gasteiger partial charge in [0.25, 0.3) is 5.56 Å². The number of nitrogens with zero attached hydrogens (tertiary/aromatic N) is 1. The fraction of sp³-hybridized carbons (Fsp3) is 0.556. The van der Waals surface area contributed by atoms with Crippen LogP contribution in [0.1, 0.15) is 19.3 Å². The molecule has 1 aliphatic rings. The van der Waals surface area contributed by atoms with Gasteiger partial charge in [0.05, 0.1) is 11.9 Å². The zero-order chi connectivity index (χ0) is 10.9. The maximum Gasteiger partial charge on any atom is 0.271 e. The lowest BCUT2D eigenvalue weighted by molar-refractivity contribution is 0.310. The summed E-state index contributed by atoms with van der Waals surface area (Å²) in [4.78, 5) is 17.6. The van der Waals surface area contributed by atoms with Crippen molar-refractivity contribution >= 4 is 29.0 Å². The number of H-pyrrole nitrogens is 1. The molecule has 0 amide bonds. The van der Waals surface area contributed by atoms with Crippen LogP contribution >= 0.6 is 23.2 Å². The zero-order valence-corrected chi connectivity index (χ0v) is 9.53. The van der Waals surface area contributed by atoms with Crippen molar-refractivity contribution in [2.24, 2.45) is 0 Å². The topological polar surface area (TPSA) is 57.8 Å². The summed E-state index contributed by atoms with van der Waals surface area (Å²) in [5.74, 6) is 0.915. The molecule has 0 unspecified atom stereocenters. The Labute approximate surface area is 97.0 Å². The lowest BCUT2D eigenvalue weighted by atomic mass is 9.78. The highest BCUT2D eigenvalue weighted by Crippen LogP contribution is 2.36. The van der Waals surface area contributed by atoms with Gasteiger partial charge in [-0.25, -0.2) is 4.98 Å². The smallest absolute Gasteiger partial charge is 0.271 e. The van der Waals surface area contributed by atoms with Gasteiger partial charge in [-0.05, 0) is 19.3 Å². The standard InChI is InChI=1S/C9H11Cl2N3O/c10-4-9(2-1-3-9)14-7-6(11)8(15)13-5-12-7/h5H,1-4H2,(H2,12,13,14,15). The molecule has 1 heterocycles. The fourth-order valence-corrected chi connectivity index (χ4v) is 2.10. The van der Waals surface area contributed by atoms with Gasteiger partial charge in [-0.15, -0.1) is 11.6 Å². The second-order valence-corrected chi connectivity index (χ2v) is 4.43. The van der Waals surface area contributed by atoms with Gasteiger partial charge in [0, 0.05) is 5.88 Å². The molecular formula is C9H11Cl2N3O. The minimum absolute atomic E-state index is 0.0916. The SMILES string of the molecule is O=c1[nH]cnc(NC2(CCl)CCC2)c1Cl. The third kappa shape index (κ3) is 1.96. The highest BCUT2D eigenvalue weighted by atomic mass is 35.5. The molecule has 0 aromatic carbocycles. The van der Waals surface area contributed by atoms with Crippen molar-refractivity contribution in [3.05, 3.63) is 21.7 Å². The predicted octanol–water partition coefficient (Wildman–Crippen LogP) is 2.00. The number of hydrogen-bond donors (Lipinski definition) is 2. The molecule has 0 aliphatic heterocycles. The molecule has 4 nitrogen and oxygen atoms in total. The average molecular weight is 248 g/mol. The van der Waals surface area contributed by atoms with Gasteiger partial charge >= 0.3 is 0 Å². The summed E-state index contributed by atoms with van der Waals surface area (Å²) < 4.78 is 0. The lowest BCUT2D eigenvalue weighted by Gasteiger charge is -2.41. The Balaban J connectivity index is 2.24. The first-order valence-corrected chi connectivity index (χ1v) is 5.65. The average Bonchev–Trinajstić information content (AvgIpc) is 2.18. The number of aromatic amines is 1. The Morgan fingerprint density at radius 3 is 2.87 bits per heavy atom. The molecule has 1 fully saturated rings. The third-order valence-electron chi connectivity index (χ3n) is 2.75. The molecule has 0 radical (unpaired) electrons. The van der Waals surface area contributed by atoms with E-state index < -0.39 is 0 Å². The van der Waals surface area contributed by atoms with E-state index in [1.54, 1.807) is 0 Å². The second-order valence-electron chi connectivity index (χ2n) is 3.79. The normalized spacial score (nSPS) is 18.3. The number of rotatable bonds is 3. The second kappa shape index (κ2) is 4.02. The van der Waals surface area contributed by atoms with Crippen molar-refractivity contribution < 1.29 is 0 Å². The Morgan fingerprint density at radius 1 is 1.60 bits per heavy atom. The molecule has 1 saturated carbocycles. The molecule has 82 valence electrons.